The number of amides is 1. The standard InChI is InChI=1S/C23H22N4O3S/c1-5-30-23(29)20-13(2)14(3)31-22(20)26-21(28)17-10-19(15-11-24-27(4)12-15)25-18-9-7-6-8-16(17)18/h6-12H,5H2,1-4H3,(H,26,28). The van der Waals surface area contributed by atoms with E-state index in [1.807, 2.05) is 51.4 Å². The number of anilines is 1. The summed E-state index contributed by atoms with van der Waals surface area (Å²) >= 11 is 1.37. The largest absolute Gasteiger partial charge is 0.462 e. The maximum Gasteiger partial charge on any atom is 0.341 e. The third kappa shape index (κ3) is 3.94. The average molecular weight is 435 g/mol. The second-order valence-electron chi connectivity index (χ2n) is 7.14. The molecule has 1 N–H and O–H groups in total. The Morgan fingerprint density at radius 1 is 1.23 bits per heavy atom. The second kappa shape index (κ2) is 8.31. The summed E-state index contributed by atoms with van der Waals surface area (Å²) in [4.78, 5) is 31.5. The molecule has 0 bridgehead atoms. The molecule has 0 unspecified atom stereocenters. The summed E-state index contributed by atoms with van der Waals surface area (Å²) in [5.41, 5.74) is 3.87. The van der Waals surface area contributed by atoms with Crippen molar-refractivity contribution in [3.8, 4) is 11.3 Å². The molecule has 0 aliphatic rings. The number of para-hydroxylation sites is 1. The third-order valence-electron chi connectivity index (χ3n) is 5.05. The molecule has 1 amide bonds. The van der Waals surface area contributed by atoms with Crippen LogP contribution in [0.2, 0.25) is 0 Å². The quantitative estimate of drug-likeness (QED) is 0.459. The van der Waals surface area contributed by atoms with E-state index in [-0.39, 0.29) is 12.5 Å². The zero-order chi connectivity index (χ0) is 22.1. The minimum absolute atomic E-state index is 0.268. The van der Waals surface area contributed by atoms with Crippen LogP contribution in [0, 0.1) is 13.8 Å². The van der Waals surface area contributed by atoms with Gasteiger partial charge in [-0.15, -0.1) is 11.3 Å². The number of pyridine rings is 1. The van der Waals surface area contributed by atoms with E-state index in [1.165, 1.54) is 11.3 Å². The van der Waals surface area contributed by atoms with Crippen molar-refractivity contribution in [2.75, 3.05) is 11.9 Å². The van der Waals surface area contributed by atoms with Crippen molar-refractivity contribution in [3.63, 3.8) is 0 Å². The first-order chi connectivity index (χ1) is 14.9. The number of nitrogens with one attached hydrogen (secondary N) is 1. The lowest BCUT2D eigenvalue weighted by Crippen LogP contribution is -2.15. The number of nitrogens with zero attached hydrogens (tertiary/aromatic N) is 3. The molecule has 0 saturated heterocycles. The number of ether oxygens (including phenoxy) is 1. The highest BCUT2D eigenvalue weighted by Gasteiger charge is 2.23. The molecule has 3 aromatic heterocycles. The number of rotatable bonds is 5. The summed E-state index contributed by atoms with van der Waals surface area (Å²) < 4.78 is 6.89. The predicted octanol–water partition coefficient (Wildman–Crippen LogP) is 4.74. The third-order valence-corrected chi connectivity index (χ3v) is 6.18. The summed E-state index contributed by atoms with van der Waals surface area (Å²) in [6, 6.07) is 9.24. The summed E-state index contributed by atoms with van der Waals surface area (Å²) in [6.45, 7) is 5.80. The molecule has 0 atom stereocenters. The van der Waals surface area contributed by atoms with Gasteiger partial charge in [0.05, 0.1) is 35.1 Å². The predicted molar refractivity (Wildman–Crippen MR) is 122 cm³/mol. The Morgan fingerprint density at radius 2 is 2.00 bits per heavy atom. The summed E-state index contributed by atoms with van der Waals surface area (Å²) in [6.07, 6.45) is 3.56. The van der Waals surface area contributed by atoms with Crippen LogP contribution >= 0.6 is 11.3 Å². The highest BCUT2D eigenvalue weighted by atomic mass is 32.1. The molecule has 7 nitrogen and oxygen atoms in total. The molecule has 3 heterocycles. The van der Waals surface area contributed by atoms with Crippen molar-refractivity contribution in [3.05, 3.63) is 64.3 Å². The number of fused-ring (bicyclic) bond motifs is 1. The van der Waals surface area contributed by atoms with Gasteiger partial charge in [-0.3, -0.25) is 9.48 Å². The minimum Gasteiger partial charge on any atom is -0.462 e. The van der Waals surface area contributed by atoms with Crippen LogP contribution in [-0.2, 0) is 11.8 Å². The van der Waals surface area contributed by atoms with Crippen LogP contribution in [0.15, 0.2) is 42.7 Å². The Balaban J connectivity index is 1.78. The van der Waals surface area contributed by atoms with E-state index < -0.39 is 5.97 Å². The fourth-order valence-corrected chi connectivity index (χ4v) is 4.44. The maximum atomic E-state index is 13.4. The molecule has 31 heavy (non-hydrogen) atoms. The van der Waals surface area contributed by atoms with Crippen LogP contribution in [-0.4, -0.2) is 33.2 Å². The fourth-order valence-electron chi connectivity index (χ4n) is 3.40. The molecule has 0 aliphatic heterocycles. The van der Waals surface area contributed by atoms with Crippen molar-refractivity contribution in [2.24, 2.45) is 7.05 Å². The van der Waals surface area contributed by atoms with Crippen LogP contribution in [0.5, 0.6) is 0 Å². The lowest BCUT2D eigenvalue weighted by atomic mass is 10.0. The molecule has 0 radical (unpaired) electrons. The highest BCUT2D eigenvalue weighted by Crippen LogP contribution is 2.34. The smallest absolute Gasteiger partial charge is 0.341 e. The number of hydrogen-bond acceptors (Lipinski definition) is 6. The van der Waals surface area contributed by atoms with Crippen LogP contribution < -0.4 is 5.32 Å². The maximum absolute atomic E-state index is 13.4. The SMILES string of the molecule is CCOC(=O)c1c(NC(=O)c2cc(-c3cnn(C)c3)nc3ccccc23)sc(C)c1C. The van der Waals surface area contributed by atoms with Crippen molar-refractivity contribution >= 4 is 39.1 Å². The van der Waals surface area contributed by atoms with E-state index in [9.17, 15) is 9.59 Å². The Hall–Kier alpha value is -3.52. The first-order valence-electron chi connectivity index (χ1n) is 9.86. The molecule has 0 saturated carbocycles. The van der Waals surface area contributed by atoms with Crippen LogP contribution in [0.25, 0.3) is 22.2 Å². The Labute approximate surface area is 183 Å². The Bertz CT molecular complexity index is 1310. The zero-order valence-electron chi connectivity index (χ0n) is 17.7. The summed E-state index contributed by atoms with van der Waals surface area (Å²) in [5, 5.41) is 8.36. The van der Waals surface area contributed by atoms with Gasteiger partial charge in [-0.1, -0.05) is 18.2 Å². The lowest BCUT2D eigenvalue weighted by molar-refractivity contribution is 0.0527. The van der Waals surface area contributed by atoms with Crippen molar-refractivity contribution in [2.45, 2.75) is 20.8 Å². The van der Waals surface area contributed by atoms with Crippen molar-refractivity contribution in [1.82, 2.24) is 14.8 Å². The van der Waals surface area contributed by atoms with E-state index >= 15 is 0 Å². The van der Waals surface area contributed by atoms with E-state index in [4.69, 9.17) is 9.72 Å². The summed E-state index contributed by atoms with van der Waals surface area (Å²) in [7, 11) is 1.83. The van der Waals surface area contributed by atoms with Crippen molar-refractivity contribution in [1.29, 1.82) is 0 Å². The van der Waals surface area contributed by atoms with E-state index in [1.54, 1.807) is 23.9 Å². The van der Waals surface area contributed by atoms with Crippen LogP contribution in [0.1, 0.15) is 38.1 Å². The van der Waals surface area contributed by atoms with Gasteiger partial charge in [-0.05, 0) is 38.5 Å². The van der Waals surface area contributed by atoms with Gasteiger partial charge in [0.1, 0.15) is 5.00 Å². The number of benzene rings is 1. The molecule has 0 fully saturated rings. The molecule has 4 rings (SSSR count). The number of hydrogen-bond donors (Lipinski definition) is 1. The lowest BCUT2D eigenvalue weighted by Gasteiger charge is -2.10. The molecule has 4 aromatic rings. The van der Waals surface area contributed by atoms with Crippen molar-refractivity contribution < 1.29 is 14.3 Å². The molecule has 0 spiro atoms. The van der Waals surface area contributed by atoms with Crippen LogP contribution in [0.4, 0.5) is 5.00 Å². The topological polar surface area (TPSA) is 86.1 Å². The first kappa shape index (κ1) is 20.7. The molecular weight excluding hydrogens is 412 g/mol. The molecule has 8 heteroatoms. The van der Waals surface area contributed by atoms with Gasteiger partial charge in [-0.25, -0.2) is 9.78 Å². The number of carbonyl (C=O) groups is 2. The van der Waals surface area contributed by atoms with Gasteiger partial charge in [0.2, 0.25) is 0 Å². The number of aromatic nitrogens is 3. The number of aryl methyl sites for hydroxylation is 2. The molecule has 158 valence electrons. The summed E-state index contributed by atoms with van der Waals surface area (Å²) in [5.74, 6) is -0.745. The molecular formula is C23H22N4O3S. The van der Waals surface area contributed by atoms with Gasteiger partial charge < -0.3 is 10.1 Å². The van der Waals surface area contributed by atoms with Gasteiger partial charge in [0.25, 0.3) is 5.91 Å². The average Bonchev–Trinajstić information content (AvgIpc) is 3.30. The number of thiophene rings is 1. The fraction of sp³-hybridized carbons (Fsp3) is 0.217. The highest BCUT2D eigenvalue weighted by molar-refractivity contribution is 7.16. The normalized spacial score (nSPS) is 11.0. The van der Waals surface area contributed by atoms with E-state index in [2.05, 4.69) is 10.4 Å². The molecule has 1 aromatic carbocycles. The number of carbonyl (C=O) groups excluding carboxylic acids is 2. The minimum atomic E-state index is -0.435. The first-order valence-corrected chi connectivity index (χ1v) is 10.7. The van der Waals surface area contributed by atoms with Gasteiger partial charge in [-0.2, -0.15) is 5.10 Å². The van der Waals surface area contributed by atoms with Gasteiger partial charge in [0, 0.05) is 29.1 Å². The molecule has 0 aliphatic carbocycles. The van der Waals surface area contributed by atoms with Crippen LogP contribution in [0.3, 0.4) is 0 Å². The second-order valence-corrected chi connectivity index (χ2v) is 8.36. The van der Waals surface area contributed by atoms with Gasteiger partial charge >= 0.3 is 5.97 Å². The zero-order valence-corrected chi connectivity index (χ0v) is 18.5. The van der Waals surface area contributed by atoms with Gasteiger partial charge in [0.15, 0.2) is 0 Å². The monoisotopic (exact) mass is 434 g/mol. The van der Waals surface area contributed by atoms with E-state index in [0.29, 0.717) is 27.3 Å². The number of esters is 1. The Morgan fingerprint density at radius 3 is 2.71 bits per heavy atom. The Kier molecular flexibility index (Phi) is 5.56. The van der Waals surface area contributed by atoms with E-state index in [0.717, 1.165) is 21.4 Å².